The zero-order valence-corrected chi connectivity index (χ0v) is 14.4. The minimum atomic E-state index is -0.452. The van der Waals surface area contributed by atoms with Gasteiger partial charge in [0, 0.05) is 0 Å². The van der Waals surface area contributed by atoms with E-state index in [2.05, 4.69) is 15.9 Å². The van der Waals surface area contributed by atoms with Crippen molar-refractivity contribution in [3.63, 3.8) is 0 Å². The van der Waals surface area contributed by atoms with Crippen LogP contribution in [0, 0.1) is 0 Å². The number of ether oxygens (including phenoxy) is 2. The summed E-state index contributed by atoms with van der Waals surface area (Å²) in [5.41, 5.74) is 2.14. The number of halogens is 1. The molecule has 0 spiro atoms. The van der Waals surface area contributed by atoms with Crippen LogP contribution in [0.2, 0.25) is 0 Å². The molecule has 0 heterocycles. The third-order valence-electron chi connectivity index (χ3n) is 3.36. The Labute approximate surface area is 149 Å². The number of rotatable bonds is 5. The van der Waals surface area contributed by atoms with Gasteiger partial charge in [-0.05, 0) is 51.3 Å². The van der Waals surface area contributed by atoms with Crippen LogP contribution in [0.4, 0.5) is 0 Å². The minimum absolute atomic E-state index is 0.142. The van der Waals surface area contributed by atoms with Crippen molar-refractivity contribution >= 4 is 21.9 Å². The molecule has 0 bridgehead atoms. The molecule has 0 saturated carbocycles. The highest BCUT2D eigenvalue weighted by Gasteiger charge is 2.10. The number of para-hydroxylation sites is 1. The Kier molecular flexibility index (Phi) is 5.29. The van der Waals surface area contributed by atoms with Gasteiger partial charge in [0.1, 0.15) is 11.5 Å². The molecule has 0 aliphatic rings. The summed E-state index contributed by atoms with van der Waals surface area (Å²) in [5, 5.41) is 0. The van der Waals surface area contributed by atoms with Crippen molar-refractivity contribution in [2.75, 3.05) is 6.61 Å². The van der Waals surface area contributed by atoms with Gasteiger partial charge >= 0.3 is 5.97 Å². The van der Waals surface area contributed by atoms with E-state index in [1.165, 1.54) is 0 Å². The Balaban J connectivity index is 1.64. The van der Waals surface area contributed by atoms with Crippen molar-refractivity contribution < 1.29 is 14.3 Å². The zero-order chi connectivity index (χ0) is 16.8. The van der Waals surface area contributed by atoms with Crippen LogP contribution in [0.1, 0.15) is 0 Å². The van der Waals surface area contributed by atoms with E-state index in [0.29, 0.717) is 11.5 Å². The van der Waals surface area contributed by atoms with E-state index in [1.54, 1.807) is 18.2 Å². The predicted molar refractivity (Wildman–Crippen MR) is 97.2 cm³/mol. The summed E-state index contributed by atoms with van der Waals surface area (Å²) >= 11 is 3.45. The molecular formula is C20H15BrO3. The number of benzene rings is 3. The van der Waals surface area contributed by atoms with Crippen LogP contribution in [-0.2, 0) is 4.79 Å². The fourth-order valence-corrected chi connectivity index (χ4v) is 2.66. The first-order chi connectivity index (χ1) is 11.7. The fraction of sp³-hybridized carbons (Fsp3) is 0.0500. The van der Waals surface area contributed by atoms with Crippen LogP contribution < -0.4 is 9.47 Å². The maximum Gasteiger partial charge on any atom is 0.349 e. The summed E-state index contributed by atoms with van der Waals surface area (Å²) in [6.45, 7) is -0.142. The lowest BCUT2D eigenvalue weighted by atomic mass is 10.1. The highest BCUT2D eigenvalue weighted by Crippen LogP contribution is 2.30. The molecule has 3 nitrogen and oxygen atoms in total. The molecule has 0 atom stereocenters. The number of carbonyl (C=O) groups excluding carboxylic acids is 1. The first-order valence-corrected chi connectivity index (χ1v) is 8.25. The SMILES string of the molecule is O=C(COc1ccccc1)Oc1ccc(-c2ccccc2)cc1Br. The lowest BCUT2D eigenvalue weighted by molar-refractivity contribution is -0.136. The normalized spacial score (nSPS) is 10.2. The summed E-state index contributed by atoms with van der Waals surface area (Å²) in [6.07, 6.45) is 0. The van der Waals surface area contributed by atoms with Gasteiger partial charge in [0.15, 0.2) is 6.61 Å². The molecular weight excluding hydrogens is 368 g/mol. The van der Waals surface area contributed by atoms with E-state index >= 15 is 0 Å². The van der Waals surface area contributed by atoms with E-state index in [1.807, 2.05) is 60.7 Å². The molecule has 24 heavy (non-hydrogen) atoms. The summed E-state index contributed by atoms with van der Waals surface area (Å²) < 4.78 is 11.4. The van der Waals surface area contributed by atoms with Crippen molar-refractivity contribution in [1.29, 1.82) is 0 Å². The molecule has 4 heteroatoms. The van der Waals surface area contributed by atoms with E-state index < -0.39 is 5.97 Å². The molecule has 0 saturated heterocycles. The molecule has 3 rings (SSSR count). The van der Waals surface area contributed by atoms with Crippen LogP contribution in [0.15, 0.2) is 83.3 Å². The fourth-order valence-electron chi connectivity index (χ4n) is 2.20. The molecule has 0 aromatic heterocycles. The minimum Gasteiger partial charge on any atom is -0.482 e. The molecule has 0 unspecified atom stereocenters. The van der Waals surface area contributed by atoms with E-state index in [4.69, 9.17) is 9.47 Å². The molecule has 0 aliphatic carbocycles. The second-order valence-electron chi connectivity index (χ2n) is 5.09. The molecule has 0 radical (unpaired) electrons. The number of carbonyl (C=O) groups is 1. The smallest absolute Gasteiger partial charge is 0.349 e. The van der Waals surface area contributed by atoms with Crippen molar-refractivity contribution in [1.82, 2.24) is 0 Å². The second kappa shape index (κ2) is 7.79. The van der Waals surface area contributed by atoms with Crippen molar-refractivity contribution in [2.45, 2.75) is 0 Å². The standard InChI is InChI=1S/C20H15BrO3/c21-18-13-16(15-7-3-1-4-8-15)11-12-19(18)24-20(22)14-23-17-9-5-2-6-10-17/h1-13H,14H2. The lowest BCUT2D eigenvalue weighted by Gasteiger charge is -2.09. The van der Waals surface area contributed by atoms with Gasteiger partial charge in [0.25, 0.3) is 0 Å². The first kappa shape index (κ1) is 16.3. The van der Waals surface area contributed by atoms with Crippen LogP contribution in [0.5, 0.6) is 11.5 Å². The molecule has 0 amide bonds. The first-order valence-electron chi connectivity index (χ1n) is 7.46. The highest BCUT2D eigenvalue weighted by molar-refractivity contribution is 9.10. The lowest BCUT2D eigenvalue weighted by Crippen LogP contribution is -2.17. The summed E-state index contributed by atoms with van der Waals surface area (Å²) in [7, 11) is 0. The van der Waals surface area contributed by atoms with E-state index in [9.17, 15) is 4.79 Å². The quantitative estimate of drug-likeness (QED) is 0.454. The third kappa shape index (κ3) is 4.24. The molecule has 0 fully saturated rings. The Hall–Kier alpha value is -2.59. The Morgan fingerprint density at radius 2 is 1.50 bits per heavy atom. The maximum atomic E-state index is 11.9. The van der Waals surface area contributed by atoms with Crippen LogP contribution in [0.3, 0.4) is 0 Å². The summed E-state index contributed by atoms with van der Waals surface area (Å²) in [5.74, 6) is 0.649. The van der Waals surface area contributed by atoms with Gasteiger partial charge in [-0.25, -0.2) is 4.79 Å². The van der Waals surface area contributed by atoms with Gasteiger partial charge in [-0.3, -0.25) is 0 Å². The number of hydrogen-bond acceptors (Lipinski definition) is 3. The third-order valence-corrected chi connectivity index (χ3v) is 3.98. The van der Waals surface area contributed by atoms with Gasteiger partial charge in [-0.15, -0.1) is 0 Å². The van der Waals surface area contributed by atoms with Gasteiger partial charge in [0.05, 0.1) is 4.47 Å². The largest absolute Gasteiger partial charge is 0.482 e. The zero-order valence-electron chi connectivity index (χ0n) is 12.8. The monoisotopic (exact) mass is 382 g/mol. The summed E-state index contributed by atoms with van der Waals surface area (Å²) in [4.78, 5) is 11.9. The topological polar surface area (TPSA) is 35.5 Å². The van der Waals surface area contributed by atoms with Crippen molar-refractivity contribution in [3.05, 3.63) is 83.3 Å². The Morgan fingerprint density at radius 3 is 2.17 bits per heavy atom. The van der Waals surface area contributed by atoms with Gasteiger partial charge < -0.3 is 9.47 Å². The number of esters is 1. The molecule has 3 aromatic rings. The van der Waals surface area contributed by atoms with Crippen LogP contribution in [-0.4, -0.2) is 12.6 Å². The van der Waals surface area contributed by atoms with Gasteiger partial charge in [0.2, 0.25) is 0 Å². The molecule has 0 N–H and O–H groups in total. The van der Waals surface area contributed by atoms with Crippen molar-refractivity contribution in [2.24, 2.45) is 0 Å². The second-order valence-corrected chi connectivity index (χ2v) is 5.94. The average Bonchev–Trinajstić information content (AvgIpc) is 2.63. The van der Waals surface area contributed by atoms with E-state index in [-0.39, 0.29) is 6.61 Å². The molecule has 0 aliphatic heterocycles. The number of hydrogen-bond donors (Lipinski definition) is 0. The van der Waals surface area contributed by atoms with Crippen LogP contribution in [0.25, 0.3) is 11.1 Å². The van der Waals surface area contributed by atoms with Gasteiger partial charge in [-0.1, -0.05) is 54.6 Å². The molecule has 3 aromatic carbocycles. The molecule has 120 valence electrons. The van der Waals surface area contributed by atoms with E-state index in [0.717, 1.165) is 15.6 Å². The Morgan fingerprint density at radius 1 is 0.833 bits per heavy atom. The van der Waals surface area contributed by atoms with Crippen LogP contribution >= 0.6 is 15.9 Å². The average molecular weight is 383 g/mol. The summed E-state index contributed by atoms with van der Waals surface area (Å²) in [6, 6.07) is 24.8. The highest BCUT2D eigenvalue weighted by atomic mass is 79.9. The predicted octanol–water partition coefficient (Wildman–Crippen LogP) is 5.10. The maximum absolute atomic E-state index is 11.9. The Bertz CT molecular complexity index is 817. The van der Waals surface area contributed by atoms with Crippen molar-refractivity contribution in [3.8, 4) is 22.6 Å². The van der Waals surface area contributed by atoms with Gasteiger partial charge in [-0.2, -0.15) is 0 Å².